The minimum atomic E-state index is 0.718. The first-order chi connectivity index (χ1) is 8.72. The van der Waals surface area contributed by atoms with Gasteiger partial charge in [-0.05, 0) is 32.4 Å². The molecule has 1 aromatic rings. The number of hydrogen-bond donors (Lipinski definition) is 1. The summed E-state index contributed by atoms with van der Waals surface area (Å²) >= 11 is 2.00. The van der Waals surface area contributed by atoms with Crippen LogP contribution >= 0.6 is 11.8 Å². The minimum absolute atomic E-state index is 0.718. The second-order valence-electron chi connectivity index (χ2n) is 4.72. The van der Waals surface area contributed by atoms with E-state index in [9.17, 15) is 0 Å². The maximum atomic E-state index is 4.57. The molecule has 1 atom stereocenters. The van der Waals surface area contributed by atoms with Crippen LogP contribution in [0.5, 0.6) is 0 Å². The number of rotatable bonds is 3. The van der Waals surface area contributed by atoms with Crippen molar-refractivity contribution in [3.8, 4) is 0 Å². The lowest BCUT2D eigenvalue weighted by atomic mass is 10.2. The number of nitrogens with zero attached hydrogens (tertiary/aromatic N) is 3. The average molecular weight is 266 g/mol. The SMILES string of the molecule is CNc1nc(C)cc(N2CCCC(SC)CC2)n1. The third-order valence-electron chi connectivity index (χ3n) is 3.40. The Balaban J connectivity index is 2.13. The van der Waals surface area contributed by atoms with Gasteiger partial charge in [-0.1, -0.05) is 0 Å². The van der Waals surface area contributed by atoms with Gasteiger partial charge < -0.3 is 10.2 Å². The summed E-state index contributed by atoms with van der Waals surface area (Å²) in [4.78, 5) is 11.3. The van der Waals surface area contributed by atoms with Crippen LogP contribution in [0.1, 0.15) is 25.0 Å². The van der Waals surface area contributed by atoms with Crippen molar-refractivity contribution in [2.75, 3.05) is 36.6 Å². The molecule has 1 saturated heterocycles. The van der Waals surface area contributed by atoms with E-state index in [0.717, 1.165) is 35.8 Å². The van der Waals surface area contributed by atoms with Gasteiger partial charge in [0.2, 0.25) is 5.95 Å². The fourth-order valence-electron chi connectivity index (χ4n) is 2.36. The second-order valence-corrected chi connectivity index (χ2v) is 5.85. The zero-order valence-electron chi connectivity index (χ0n) is 11.4. The Morgan fingerprint density at radius 2 is 2.17 bits per heavy atom. The summed E-state index contributed by atoms with van der Waals surface area (Å²) in [6, 6.07) is 2.08. The highest BCUT2D eigenvalue weighted by atomic mass is 32.2. The van der Waals surface area contributed by atoms with E-state index >= 15 is 0 Å². The van der Waals surface area contributed by atoms with E-state index in [1.165, 1.54) is 19.3 Å². The average Bonchev–Trinajstić information content (AvgIpc) is 2.63. The van der Waals surface area contributed by atoms with Crippen molar-refractivity contribution in [2.45, 2.75) is 31.4 Å². The Labute approximate surface area is 114 Å². The summed E-state index contributed by atoms with van der Waals surface area (Å²) in [7, 11) is 1.87. The number of aromatic nitrogens is 2. The van der Waals surface area contributed by atoms with Gasteiger partial charge in [-0.3, -0.25) is 0 Å². The molecule has 1 aromatic heterocycles. The highest BCUT2D eigenvalue weighted by Crippen LogP contribution is 2.24. The molecule has 100 valence electrons. The van der Waals surface area contributed by atoms with Crippen LogP contribution < -0.4 is 10.2 Å². The van der Waals surface area contributed by atoms with E-state index in [4.69, 9.17) is 0 Å². The number of nitrogens with one attached hydrogen (secondary N) is 1. The molecule has 1 aliphatic heterocycles. The molecule has 5 heteroatoms. The van der Waals surface area contributed by atoms with Crippen molar-refractivity contribution in [3.63, 3.8) is 0 Å². The number of hydrogen-bond acceptors (Lipinski definition) is 5. The minimum Gasteiger partial charge on any atom is -0.357 e. The van der Waals surface area contributed by atoms with Crippen molar-refractivity contribution in [3.05, 3.63) is 11.8 Å². The van der Waals surface area contributed by atoms with Crippen molar-refractivity contribution < 1.29 is 0 Å². The first-order valence-corrected chi connectivity index (χ1v) is 7.83. The van der Waals surface area contributed by atoms with E-state index in [-0.39, 0.29) is 0 Å². The highest BCUT2D eigenvalue weighted by molar-refractivity contribution is 7.99. The summed E-state index contributed by atoms with van der Waals surface area (Å²) in [6.45, 7) is 4.23. The van der Waals surface area contributed by atoms with Gasteiger partial charge in [0.15, 0.2) is 0 Å². The molecular formula is C13H22N4S. The van der Waals surface area contributed by atoms with Crippen molar-refractivity contribution in [1.82, 2.24) is 9.97 Å². The normalized spacial score (nSPS) is 20.6. The summed E-state index contributed by atoms with van der Waals surface area (Å²) in [5.74, 6) is 1.78. The molecule has 0 bridgehead atoms. The second kappa shape index (κ2) is 6.27. The van der Waals surface area contributed by atoms with E-state index in [0.29, 0.717) is 0 Å². The van der Waals surface area contributed by atoms with Gasteiger partial charge in [-0.25, -0.2) is 4.98 Å². The lowest BCUT2D eigenvalue weighted by Gasteiger charge is -2.22. The van der Waals surface area contributed by atoms with Crippen LogP contribution in [-0.4, -0.2) is 41.6 Å². The van der Waals surface area contributed by atoms with Crippen LogP contribution in [0.2, 0.25) is 0 Å². The van der Waals surface area contributed by atoms with Crippen LogP contribution in [0.4, 0.5) is 11.8 Å². The lowest BCUT2D eigenvalue weighted by Crippen LogP contribution is -2.26. The van der Waals surface area contributed by atoms with Crippen LogP contribution in [0.15, 0.2) is 6.07 Å². The monoisotopic (exact) mass is 266 g/mol. The molecule has 2 heterocycles. The fraction of sp³-hybridized carbons (Fsp3) is 0.692. The Morgan fingerprint density at radius 3 is 2.89 bits per heavy atom. The third-order valence-corrected chi connectivity index (χ3v) is 4.53. The standard InChI is InChI=1S/C13H22N4S/c1-10-9-12(16-13(14-2)15-10)17-7-4-5-11(18-3)6-8-17/h9,11H,4-8H2,1-3H3,(H,14,15,16). The molecule has 1 unspecified atom stereocenters. The Bertz CT molecular complexity index is 397. The Hall–Kier alpha value is -0.970. The maximum absolute atomic E-state index is 4.57. The van der Waals surface area contributed by atoms with Crippen molar-refractivity contribution in [2.24, 2.45) is 0 Å². The quantitative estimate of drug-likeness (QED) is 0.910. The van der Waals surface area contributed by atoms with E-state index < -0.39 is 0 Å². The summed E-state index contributed by atoms with van der Waals surface area (Å²) in [6.07, 6.45) is 6.04. The first kappa shape index (κ1) is 13.5. The lowest BCUT2D eigenvalue weighted by molar-refractivity contribution is 0.745. The molecule has 0 saturated carbocycles. The van der Waals surface area contributed by atoms with Gasteiger partial charge in [-0.15, -0.1) is 0 Å². The number of aryl methyl sites for hydroxylation is 1. The van der Waals surface area contributed by atoms with Gasteiger partial charge in [0.1, 0.15) is 5.82 Å². The largest absolute Gasteiger partial charge is 0.357 e. The highest BCUT2D eigenvalue weighted by Gasteiger charge is 2.17. The predicted molar refractivity (Wildman–Crippen MR) is 79.7 cm³/mol. The van der Waals surface area contributed by atoms with Crippen LogP contribution in [0.3, 0.4) is 0 Å². The molecular weight excluding hydrogens is 244 g/mol. The van der Waals surface area contributed by atoms with Crippen molar-refractivity contribution >= 4 is 23.5 Å². The van der Waals surface area contributed by atoms with Crippen molar-refractivity contribution in [1.29, 1.82) is 0 Å². The predicted octanol–water partition coefficient (Wildman–Crippen LogP) is 2.55. The maximum Gasteiger partial charge on any atom is 0.224 e. The zero-order chi connectivity index (χ0) is 13.0. The zero-order valence-corrected chi connectivity index (χ0v) is 12.3. The van der Waals surface area contributed by atoms with E-state index in [2.05, 4.69) is 32.5 Å². The van der Waals surface area contributed by atoms with Gasteiger partial charge in [0.25, 0.3) is 0 Å². The van der Waals surface area contributed by atoms with E-state index in [1.54, 1.807) is 0 Å². The number of anilines is 2. The molecule has 2 rings (SSSR count). The smallest absolute Gasteiger partial charge is 0.224 e. The topological polar surface area (TPSA) is 41.1 Å². The van der Waals surface area contributed by atoms with Crippen LogP contribution in [0.25, 0.3) is 0 Å². The molecule has 0 spiro atoms. The Kier molecular flexibility index (Phi) is 4.69. The molecule has 18 heavy (non-hydrogen) atoms. The first-order valence-electron chi connectivity index (χ1n) is 6.54. The third kappa shape index (κ3) is 3.28. The van der Waals surface area contributed by atoms with Gasteiger partial charge in [-0.2, -0.15) is 16.7 Å². The van der Waals surface area contributed by atoms with E-state index in [1.807, 2.05) is 25.7 Å². The molecule has 0 aliphatic carbocycles. The van der Waals surface area contributed by atoms with Crippen LogP contribution in [-0.2, 0) is 0 Å². The molecule has 4 nitrogen and oxygen atoms in total. The van der Waals surface area contributed by atoms with Gasteiger partial charge in [0.05, 0.1) is 0 Å². The fourth-order valence-corrected chi connectivity index (χ4v) is 3.10. The summed E-state index contributed by atoms with van der Waals surface area (Å²) < 4.78 is 0. The Morgan fingerprint density at radius 1 is 1.33 bits per heavy atom. The van der Waals surface area contributed by atoms with Crippen LogP contribution in [0, 0.1) is 6.92 Å². The summed E-state index contributed by atoms with van der Waals surface area (Å²) in [5, 5.41) is 3.84. The molecule has 1 N–H and O–H groups in total. The molecule has 0 radical (unpaired) electrons. The molecule has 1 fully saturated rings. The van der Waals surface area contributed by atoms with Gasteiger partial charge in [0, 0.05) is 37.1 Å². The molecule has 1 aliphatic rings. The summed E-state index contributed by atoms with van der Waals surface area (Å²) in [5.41, 5.74) is 1.02. The number of thioether (sulfide) groups is 1. The molecule has 0 amide bonds. The molecule has 0 aromatic carbocycles. The van der Waals surface area contributed by atoms with Gasteiger partial charge >= 0.3 is 0 Å².